The van der Waals surface area contributed by atoms with Crippen LogP contribution in [-0.2, 0) is 0 Å². The van der Waals surface area contributed by atoms with E-state index >= 15 is 0 Å². The number of hydrogen-bond donors (Lipinski definition) is 0. The molecule has 0 bridgehead atoms. The predicted octanol–water partition coefficient (Wildman–Crippen LogP) is 34.1. The van der Waals surface area contributed by atoms with Crippen molar-refractivity contribution in [1.29, 1.82) is 0 Å². The number of benzene rings is 24. The summed E-state index contributed by atoms with van der Waals surface area (Å²) in [4.78, 5) is 0. The van der Waals surface area contributed by atoms with Gasteiger partial charge in [0.2, 0.25) is 0 Å². The Morgan fingerprint density at radius 1 is 0.119 bits per heavy atom. The summed E-state index contributed by atoms with van der Waals surface area (Å²) in [5.74, 6) is 0. The molecule has 0 amide bonds. The summed E-state index contributed by atoms with van der Waals surface area (Å²) < 4.78 is 0. The number of rotatable bonds is 7. The Morgan fingerprint density at radius 3 is 0.797 bits per heavy atom. The van der Waals surface area contributed by atoms with Gasteiger partial charge in [-0.25, -0.2) is 0 Å². The molecule has 2 heteroatoms. The molecule has 2 aliphatic rings. The van der Waals surface area contributed by atoms with E-state index in [1.807, 2.05) is 0 Å². The van der Waals surface area contributed by atoms with E-state index in [4.69, 9.17) is 23.2 Å². The molecule has 26 rings (SSSR count). The molecular formula is C116H64Cl2. The van der Waals surface area contributed by atoms with Crippen LogP contribution in [0.1, 0.15) is 0 Å². The highest BCUT2D eigenvalue weighted by Gasteiger charge is 2.35. The van der Waals surface area contributed by atoms with E-state index in [-0.39, 0.29) is 0 Å². The average Bonchev–Trinajstić information content (AvgIpc) is 1.51. The minimum Gasteiger partial charge on any atom is -0.0836 e. The topological polar surface area (TPSA) is 0 Å². The molecule has 0 N–H and O–H groups in total. The van der Waals surface area contributed by atoms with Gasteiger partial charge in [0, 0.05) is 21.2 Å². The van der Waals surface area contributed by atoms with Gasteiger partial charge in [-0.2, -0.15) is 0 Å². The van der Waals surface area contributed by atoms with Gasteiger partial charge in [-0.1, -0.05) is 363 Å². The van der Waals surface area contributed by atoms with Crippen LogP contribution in [0.3, 0.4) is 0 Å². The lowest BCUT2D eigenvalue weighted by molar-refractivity contribution is 1.59. The molecule has 0 radical (unpaired) electrons. The van der Waals surface area contributed by atoms with E-state index in [0.717, 1.165) is 86.9 Å². The second-order valence-electron chi connectivity index (χ2n) is 32.4. The van der Waals surface area contributed by atoms with Gasteiger partial charge in [0.25, 0.3) is 0 Å². The molecule has 118 heavy (non-hydrogen) atoms. The molecule has 0 aliphatic heterocycles. The Hall–Kier alpha value is -14.5. The molecule has 0 fully saturated rings. The number of hydrogen-bond acceptors (Lipinski definition) is 0. The second kappa shape index (κ2) is 25.0. The van der Waals surface area contributed by atoms with E-state index in [9.17, 15) is 0 Å². The van der Waals surface area contributed by atoms with Crippen LogP contribution in [0.15, 0.2) is 388 Å². The Bertz CT molecular complexity index is 8650. The van der Waals surface area contributed by atoms with Gasteiger partial charge in [0.05, 0.1) is 0 Å². The molecule has 2 aliphatic carbocycles. The summed E-state index contributed by atoms with van der Waals surface area (Å²) in [6.45, 7) is 0. The van der Waals surface area contributed by atoms with Crippen molar-refractivity contribution in [2.75, 3.05) is 0 Å². The number of halogens is 2. The van der Waals surface area contributed by atoms with Gasteiger partial charge in [-0.15, -0.1) is 0 Å². The minimum atomic E-state index is 0.727. The van der Waals surface area contributed by atoms with E-state index < -0.39 is 0 Å². The second-order valence-corrected chi connectivity index (χ2v) is 33.2. The standard InChI is InChI=1S/C116H64Cl2/c117-103-63-95-75(59-99(103)97-57-71-25-7-11-29-77(71)81-33-15-17-35-83(81)97)49-51-89-85(95)54-56-94-106(115-101-61-73-27-9-13-31-79(73)88-38-20-40-92(110(88)101)114(115)107(111(89)94)67-21-3-1-4-22-67)70-47-43-66(44-48-70)65-41-45-69(46-42-65)105-93-55-53-86-90(52-50-76-60-100(104(118)64-96(76)86)98-58-72-26-8-12-30-78(72)82-34-16-18-36-84(82)98)112(93)108(68-23-5-2-6-24-68)116-102-62-74-28-10-14-32-80(74)87-37-19-39-91(109(87)102)113(105)116/h1-64H. The van der Waals surface area contributed by atoms with Crippen LogP contribution in [0.5, 0.6) is 0 Å². The molecule has 0 unspecified atom stereocenters. The van der Waals surface area contributed by atoms with Crippen LogP contribution in [0.4, 0.5) is 0 Å². The summed E-state index contributed by atoms with van der Waals surface area (Å²) >= 11 is 15.5. The van der Waals surface area contributed by atoms with Gasteiger partial charge in [-0.05, 0) is 311 Å². The van der Waals surface area contributed by atoms with Crippen LogP contribution in [0, 0.1) is 0 Å². The molecule has 24 aromatic rings. The smallest absolute Gasteiger partial charge is 0.0491 e. The van der Waals surface area contributed by atoms with Crippen LogP contribution in [0.25, 0.3) is 273 Å². The van der Waals surface area contributed by atoms with E-state index in [1.54, 1.807) is 0 Å². The first-order chi connectivity index (χ1) is 58.4. The van der Waals surface area contributed by atoms with Crippen molar-refractivity contribution in [1.82, 2.24) is 0 Å². The van der Waals surface area contributed by atoms with Crippen molar-refractivity contribution in [2.45, 2.75) is 0 Å². The summed E-state index contributed by atoms with van der Waals surface area (Å²) in [7, 11) is 0. The maximum Gasteiger partial charge on any atom is 0.0491 e. The van der Waals surface area contributed by atoms with Gasteiger partial charge < -0.3 is 0 Å². The van der Waals surface area contributed by atoms with Gasteiger partial charge >= 0.3 is 0 Å². The lowest BCUT2D eigenvalue weighted by Gasteiger charge is -2.23. The quantitative estimate of drug-likeness (QED) is 0.140. The van der Waals surface area contributed by atoms with E-state index in [0.29, 0.717) is 0 Å². The highest BCUT2D eigenvalue weighted by atomic mass is 35.5. The summed E-state index contributed by atoms with van der Waals surface area (Å²) in [5.41, 5.74) is 26.3. The van der Waals surface area contributed by atoms with E-state index in [1.165, 1.54) is 196 Å². The van der Waals surface area contributed by atoms with Gasteiger partial charge in [0.1, 0.15) is 0 Å². The summed E-state index contributed by atoms with van der Waals surface area (Å²) in [6.07, 6.45) is 0. The molecule has 542 valence electrons. The van der Waals surface area contributed by atoms with Gasteiger partial charge in [0.15, 0.2) is 0 Å². The first-order valence-electron chi connectivity index (χ1n) is 40.8. The molecule has 0 nitrogen and oxygen atoms in total. The van der Waals surface area contributed by atoms with Crippen molar-refractivity contribution >= 4 is 174 Å². The molecule has 0 saturated carbocycles. The largest absolute Gasteiger partial charge is 0.0836 e. The summed E-state index contributed by atoms with van der Waals surface area (Å²) in [5, 5.41) is 35.3. The van der Waals surface area contributed by atoms with Crippen molar-refractivity contribution in [3.05, 3.63) is 398 Å². The maximum atomic E-state index is 7.73. The molecule has 0 atom stereocenters. The third-order valence-corrected chi connectivity index (χ3v) is 27.1. The predicted molar refractivity (Wildman–Crippen MR) is 508 cm³/mol. The summed E-state index contributed by atoms with van der Waals surface area (Å²) in [6, 6.07) is 146. The zero-order valence-electron chi connectivity index (χ0n) is 63.7. The van der Waals surface area contributed by atoms with E-state index in [2.05, 4.69) is 388 Å². The molecule has 0 spiro atoms. The molecule has 24 aromatic carbocycles. The minimum absolute atomic E-state index is 0.727. The van der Waals surface area contributed by atoms with Crippen molar-refractivity contribution < 1.29 is 0 Å². The maximum absolute atomic E-state index is 7.73. The Balaban J connectivity index is 0.668. The van der Waals surface area contributed by atoms with Gasteiger partial charge in [-0.3, -0.25) is 0 Å². The fourth-order valence-corrected chi connectivity index (χ4v) is 22.1. The fourth-order valence-electron chi connectivity index (χ4n) is 21.5. The lowest BCUT2D eigenvalue weighted by Crippen LogP contribution is -1.95. The van der Waals surface area contributed by atoms with Crippen LogP contribution in [-0.4, -0.2) is 0 Å². The van der Waals surface area contributed by atoms with Crippen LogP contribution < -0.4 is 0 Å². The van der Waals surface area contributed by atoms with Crippen LogP contribution >= 0.6 is 23.2 Å². The highest BCUT2D eigenvalue weighted by molar-refractivity contribution is 6.40. The fraction of sp³-hybridized carbons (Fsp3) is 0. The zero-order chi connectivity index (χ0) is 77.3. The first kappa shape index (κ1) is 65.9. The number of fused-ring (bicyclic) bond motifs is 26. The Morgan fingerprint density at radius 2 is 0.381 bits per heavy atom. The third kappa shape index (κ3) is 9.33. The lowest BCUT2D eigenvalue weighted by atomic mass is 9.80. The molecule has 0 heterocycles. The SMILES string of the molecule is Clc1cc2c(ccc3c2ccc2c(-c4ccc(-c5ccc(-c6c7c(c(-c8ccccc8)c8c6ccc6c9cc(Cl)c(-c%10cc%11ccccc%11c%11ccccc%10%11)cc9ccc68)-c6cc8ccccc8c8cccc-7c68)cc5)cc4)c4c(c(-c5ccccc5)c23)-c2cccc3c2c-4cc2ccccc23)cc1-c1cc2ccccc2c2ccccc12. The zero-order valence-corrected chi connectivity index (χ0v) is 65.2. The van der Waals surface area contributed by atoms with Crippen molar-refractivity contribution in [3.63, 3.8) is 0 Å². The Kier molecular flexibility index (Phi) is 14.0. The van der Waals surface area contributed by atoms with Crippen LogP contribution in [0.2, 0.25) is 10.0 Å². The molecular weight excluding hydrogens is 1460 g/mol. The Labute approximate surface area is 689 Å². The normalized spacial score (nSPS) is 12.3. The monoisotopic (exact) mass is 1530 g/mol. The van der Waals surface area contributed by atoms with Crippen molar-refractivity contribution in [2.24, 2.45) is 0 Å². The molecule has 0 saturated heterocycles. The highest BCUT2D eigenvalue weighted by Crippen LogP contribution is 2.63. The molecule has 0 aromatic heterocycles. The third-order valence-electron chi connectivity index (χ3n) is 26.5. The average molecular weight is 1530 g/mol. The first-order valence-corrected chi connectivity index (χ1v) is 41.6. The van der Waals surface area contributed by atoms with Crippen molar-refractivity contribution in [3.8, 4) is 122 Å².